The van der Waals surface area contributed by atoms with Gasteiger partial charge in [0.25, 0.3) is 0 Å². The highest BCUT2D eigenvalue weighted by Gasteiger charge is 2.06. The first-order valence-electron chi connectivity index (χ1n) is 9.09. The van der Waals surface area contributed by atoms with Crippen LogP contribution >= 0.6 is 0 Å². The summed E-state index contributed by atoms with van der Waals surface area (Å²) in [5, 5.41) is 8.04. The summed E-state index contributed by atoms with van der Waals surface area (Å²) in [7, 11) is 0. The highest BCUT2D eigenvalue weighted by Crippen LogP contribution is 2.34. The van der Waals surface area contributed by atoms with Crippen molar-refractivity contribution in [1.29, 1.82) is 0 Å². The predicted octanol–water partition coefficient (Wildman–Crippen LogP) is 7.12. The minimum Gasteiger partial charge on any atom is -0.115 e. The van der Waals surface area contributed by atoms with Gasteiger partial charge in [-0.3, -0.25) is 0 Å². The molecule has 27 heavy (non-hydrogen) atoms. The van der Waals surface area contributed by atoms with Gasteiger partial charge in [0.15, 0.2) is 0 Å². The van der Waals surface area contributed by atoms with Crippen molar-refractivity contribution >= 4 is 32.3 Å². The van der Waals surface area contributed by atoms with E-state index in [1.54, 1.807) is 0 Å². The Kier molecular flexibility index (Phi) is 4.60. The second-order valence-corrected chi connectivity index (χ2v) is 6.65. The number of terminal acetylenes is 1. The molecule has 0 fully saturated rings. The predicted molar refractivity (Wildman–Crippen MR) is 118 cm³/mol. The first-order chi connectivity index (χ1) is 13.3. The van der Waals surface area contributed by atoms with Gasteiger partial charge in [-0.2, -0.15) is 0 Å². The van der Waals surface area contributed by atoms with Gasteiger partial charge in [0.2, 0.25) is 0 Å². The van der Waals surface area contributed by atoms with E-state index in [4.69, 9.17) is 6.42 Å². The molecule has 0 heterocycles. The van der Waals surface area contributed by atoms with E-state index in [2.05, 4.69) is 78.7 Å². The molecule has 0 aromatic heterocycles. The topological polar surface area (TPSA) is 0 Å². The molecule has 0 saturated heterocycles. The van der Waals surface area contributed by atoms with Gasteiger partial charge in [0, 0.05) is 5.56 Å². The molecule has 0 N–H and O–H groups in total. The molecule has 0 amide bonds. The highest BCUT2D eigenvalue weighted by molar-refractivity contribution is 6.25. The minimum atomic E-state index is 0.945. The van der Waals surface area contributed by atoms with E-state index in [0.29, 0.717) is 0 Å². The quantitative estimate of drug-likeness (QED) is 0.207. The number of fused-ring (bicyclic) bond motifs is 6. The van der Waals surface area contributed by atoms with Crippen LogP contribution in [0.15, 0.2) is 97.1 Å². The van der Waals surface area contributed by atoms with Crippen LogP contribution in [0.25, 0.3) is 32.3 Å². The Morgan fingerprint density at radius 1 is 0.481 bits per heavy atom. The third-order valence-electron chi connectivity index (χ3n) is 4.87. The number of aryl methyl sites for hydroxylation is 1. The van der Waals surface area contributed by atoms with E-state index in [1.165, 1.54) is 37.9 Å². The maximum atomic E-state index is 5.15. The molecular formula is C27H20. The molecule has 0 atom stereocenters. The second-order valence-electron chi connectivity index (χ2n) is 6.65. The van der Waals surface area contributed by atoms with Crippen LogP contribution in [-0.2, 0) is 0 Å². The lowest BCUT2D eigenvalue weighted by molar-refractivity contribution is 1.46. The number of hydrogen-bond acceptors (Lipinski definition) is 0. The van der Waals surface area contributed by atoms with E-state index < -0.39 is 0 Å². The van der Waals surface area contributed by atoms with Crippen molar-refractivity contribution < 1.29 is 0 Å². The monoisotopic (exact) mass is 344 g/mol. The van der Waals surface area contributed by atoms with Gasteiger partial charge >= 0.3 is 0 Å². The fourth-order valence-electron chi connectivity index (χ4n) is 3.51. The maximum absolute atomic E-state index is 5.15. The Bertz CT molecular complexity index is 1050. The zero-order chi connectivity index (χ0) is 18.6. The molecular weight excluding hydrogens is 324 g/mol. The van der Waals surface area contributed by atoms with Crippen LogP contribution in [0.2, 0.25) is 0 Å². The fraction of sp³-hybridized carbons (Fsp3) is 0.0370. The third-order valence-corrected chi connectivity index (χ3v) is 4.87. The summed E-state index contributed by atoms with van der Waals surface area (Å²) in [6.45, 7) is 2.04. The van der Waals surface area contributed by atoms with Crippen molar-refractivity contribution in [3.63, 3.8) is 0 Å². The molecule has 0 nitrogen and oxygen atoms in total. The number of benzene rings is 5. The van der Waals surface area contributed by atoms with E-state index in [-0.39, 0.29) is 0 Å². The van der Waals surface area contributed by atoms with Crippen molar-refractivity contribution in [2.45, 2.75) is 6.92 Å². The fourth-order valence-corrected chi connectivity index (χ4v) is 3.51. The molecule has 0 spiro atoms. The second kappa shape index (κ2) is 7.36. The van der Waals surface area contributed by atoms with Crippen LogP contribution in [0.3, 0.4) is 0 Å². The van der Waals surface area contributed by atoms with E-state index in [0.717, 1.165) is 5.56 Å². The molecule has 0 aliphatic rings. The summed E-state index contributed by atoms with van der Waals surface area (Å²) in [5.74, 6) is 2.55. The number of hydrogen-bond donors (Lipinski definition) is 0. The first kappa shape index (κ1) is 16.9. The molecule has 128 valence electrons. The molecule has 5 rings (SSSR count). The van der Waals surface area contributed by atoms with Crippen LogP contribution in [0.4, 0.5) is 0 Å². The molecule has 5 aromatic rings. The molecule has 0 aliphatic heterocycles. The molecule has 0 bridgehead atoms. The van der Waals surface area contributed by atoms with Crippen molar-refractivity contribution in [2.24, 2.45) is 0 Å². The van der Waals surface area contributed by atoms with Crippen LogP contribution in [0.1, 0.15) is 11.1 Å². The maximum Gasteiger partial charge on any atom is 0.0242 e. The minimum absolute atomic E-state index is 0.945. The Morgan fingerprint density at radius 3 is 1.04 bits per heavy atom. The zero-order valence-corrected chi connectivity index (χ0v) is 15.3. The number of rotatable bonds is 0. The summed E-state index contributed by atoms with van der Waals surface area (Å²) in [5.41, 5.74) is 2.19. The summed E-state index contributed by atoms with van der Waals surface area (Å²) in [4.78, 5) is 0. The smallest absolute Gasteiger partial charge is 0.0242 e. The van der Waals surface area contributed by atoms with E-state index >= 15 is 0 Å². The third kappa shape index (κ3) is 3.28. The van der Waals surface area contributed by atoms with Crippen molar-refractivity contribution in [3.05, 3.63) is 108 Å². The van der Waals surface area contributed by atoms with Crippen molar-refractivity contribution in [3.8, 4) is 12.3 Å². The Labute approximate surface area is 160 Å². The first-order valence-corrected chi connectivity index (χ1v) is 9.09. The van der Waals surface area contributed by atoms with Crippen LogP contribution < -0.4 is 0 Å². The van der Waals surface area contributed by atoms with Gasteiger partial charge in [-0.05, 0) is 51.4 Å². The highest BCUT2D eigenvalue weighted by atomic mass is 14.1. The molecule has 0 aliphatic carbocycles. The largest absolute Gasteiger partial charge is 0.115 e. The SMILES string of the molecule is C#Cc1ccc(C)cc1.c1ccc2c(c1)c1ccccc1c1ccccc21. The summed E-state index contributed by atoms with van der Waals surface area (Å²) >= 11 is 0. The van der Waals surface area contributed by atoms with Crippen LogP contribution in [0, 0.1) is 19.3 Å². The van der Waals surface area contributed by atoms with Crippen molar-refractivity contribution in [2.75, 3.05) is 0 Å². The van der Waals surface area contributed by atoms with E-state index in [1.807, 2.05) is 31.2 Å². The Morgan fingerprint density at radius 2 is 0.778 bits per heavy atom. The van der Waals surface area contributed by atoms with Gasteiger partial charge in [0.05, 0.1) is 0 Å². The molecule has 0 unspecified atom stereocenters. The average molecular weight is 344 g/mol. The molecule has 0 saturated carbocycles. The summed E-state index contributed by atoms with van der Waals surface area (Å²) in [6.07, 6.45) is 5.15. The van der Waals surface area contributed by atoms with Crippen LogP contribution in [-0.4, -0.2) is 0 Å². The Balaban J connectivity index is 0.000000170. The van der Waals surface area contributed by atoms with Crippen LogP contribution in [0.5, 0.6) is 0 Å². The lowest BCUT2D eigenvalue weighted by atomic mass is 9.95. The normalized spacial score (nSPS) is 10.4. The van der Waals surface area contributed by atoms with Gasteiger partial charge in [-0.1, -0.05) is 96.4 Å². The lowest BCUT2D eigenvalue weighted by Gasteiger charge is -2.09. The summed E-state index contributed by atoms with van der Waals surface area (Å²) in [6, 6.07) is 33.9. The molecule has 5 aromatic carbocycles. The van der Waals surface area contributed by atoms with Crippen molar-refractivity contribution in [1.82, 2.24) is 0 Å². The Hall–Kier alpha value is -3.56. The molecule has 0 heteroatoms. The standard InChI is InChI=1S/C18H12.C9H8/c1-2-8-14-13(7-1)15-9-3-4-11-17(15)18-12-6-5-10-16(14)18;1-3-9-6-4-8(2)5-7-9/h1-12H;1,4-7H,2H3. The van der Waals surface area contributed by atoms with E-state index in [9.17, 15) is 0 Å². The lowest BCUT2D eigenvalue weighted by Crippen LogP contribution is -1.81. The van der Waals surface area contributed by atoms with Gasteiger partial charge < -0.3 is 0 Å². The average Bonchev–Trinajstić information content (AvgIpc) is 2.75. The zero-order valence-electron chi connectivity index (χ0n) is 15.3. The van der Waals surface area contributed by atoms with Gasteiger partial charge in [-0.25, -0.2) is 0 Å². The summed E-state index contributed by atoms with van der Waals surface area (Å²) < 4.78 is 0. The van der Waals surface area contributed by atoms with Gasteiger partial charge in [-0.15, -0.1) is 6.42 Å². The molecule has 0 radical (unpaired) electrons. The van der Waals surface area contributed by atoms with Gasteiger partial charge in [0.1, 0.15) is 0 Å².